The number of nitrogens with one attached hydrogen (secondary N) is 1. The number of rotatable bonds is 6. The van der Waals surface area contributed by atoms with Crippen molar-refractivity contribution in [1.29, 1.82) is 0 Å². The molecule has 2 aromatic heterocycles. The molecular formula is C17H23N3O2S2. The predicted octanol–water partition coefficient (Wildman–Crippen LogP) is 2.90. The largest absolute Gasteiger partial charge is 0.370 e. The van der Waals surface area contributed by atoms with Crippen LogP contribution in [0.1, 0.15) is 24.6 Å². The molecule has 0 aliphatic carbocycles. The summed E-state index contributed by atoms with van der Waals surface area (Å²) in [7, 11) is -3.37. The number of pyridine rings is 1. The van der Waals surface area contributed by atoms with Crippen molar-refractivity contribution >= 4 is 27.0 Å². The summed E-state index contributed by atoms with van der Waals surface area (Å²) in [4.78, 5) is 7.57. The van der Waals surface area contributed by atoms with E-state index < -0.39 is 10.0 Å². The average molecular weight is 366 g/mol. The lowest BCUT2D eigenvalue weighted by Gasteiger charge is -2.33. The average Bonchev–Trinajstić information content (AvgIpc) is 3.11. The third kappa shape index (κ3) is 4.15. The van der Waals surface area contributed by atoms with Gasteiger partial charge in [0.2, 0.25) is 10.0 Å². The second kappa shape index (κ2) is 7.63. The number of thiophene rings is 1. The van der Waals surface area contributed by atoms with Crippen molar-refractivity contribution in [3.05, 3.63) is 41.5 Å². The number of aryl methyl sites for hydroxylation is 1. The topological polar surface area (TPSA) is 62.3 Å². The molecular weight excluding hydrogens is 342 g/mol. The molecule has 2 aromatic rings. The summed E-state index contributed by atoms with van der Waals surface area (Å²) < 4.78 is 28.0. The Labute approximate surface area is 147 Å². The van der Waals surface area contributed by atoms with E-state index in [0.717, 1.165) is 42.9 Å². The van der Waals surface area contributed by atoms with E-state index in [9.17, 15) is 8.42 Å². The van der Waals surface area contributed by atoms with Crippen LogP contribution in [0.25, 0.3) is 0 Å². The molecule has 7 heteroatoms. The van der Waals surface area contributed by atoms with Crippen molar-refractivity contribution in [2.24, 2.45) is 5.92 Å². The summed E-state index contributed by atoms with van der Waals surface area (Å²) in [5.41, 5.74) is 1.14. The van der Waals surface area contributed by atoms with Gasteiger partial charge in [-0.2, -0.15) is 0 Å². The smallest absolute Gasteiger partial charge is 0.250 e. The quantitative estimate of drug-likeness (QED) is 0.855. The van der Waals surface area contributed by atoms with Gasteiger partial charge in [0.1, 0.15) is 4.21 Å². The van der Waals surface area contributed by atoms with Gasteiger partial charge >= 0.3 is 0 Å². The summed E-state index contributed by atoms with van der Waals surface area (Å²) in [6.45, 7) is 4.43. The molecule has 0 aromatic carbocycles. The Morgan fingerprint density at radius 2 is 2.08 bits per heavy atom. The molecule has 0 amide bonds. The van der Waals surface area contributed by atoms with Crippen LogP contribution >= 0.6 is 11.3 Å². The number of nitrogens with zero attached hydrogens (tertiary/aromatic N) is 2. The van der Waals surface area contributed by atoms with Gasteiger partial charge in [-0.1, -0.05) is 6.92 Å². The molecule has 24 heavy (non-hydrogen) atoms. The number of hydrogen-bond acceptors (Lipinski definition) is 5. The summed E-state index contributed by atoms with van der Waals surface area (Å²) in [5, 5.41) is 0. The molecule has 5 nitrogen and oxygen atoms in total. The third-order valence-corrected chi connectivity index (χ3v) is 7.58. The fraction of sp³-hybridized carbons (Fsp3) is 0.471. The molecule has 130 valence electrons. The first-order chi connectivity index (χ1) is 11.6. The van der Waals surface area contributed by atoms with Gasteiger partial charge in [-0.3, -0.25) is 4.98 Å². The summed E-state index contributed by atoms with van der Waals surface area (Å²) in [6.07, 6.45) is 6.50. The molecule has 3 rings (SSSR count). The van der Waals surface area contributed by atoms with Crippen LogP contribution in [0.3, 0.4) is 0 Å². The molecule has 1 saturated heterocycles. The minimum Gasteiger partial charge on any atom is -0.370 e. The molecule has 3 heterocycles. The van der Waals surface area contributed by atoms with Gasteiger partial charge in [0.15, 0.2) is 0 Å². The molecule has 1 fully saturated rings. The lowest BCUT2D eigenvalue weighted by molar-refractivity contribution is 0.402. The Hall–Kier alpha value is -1.44. The van der Waals surface area contributed by atoms with Crippen molar-refractivity contribution < 1.29 is 8.42 Å². The predicted molar refractivity (Wildman–Crippen MR) is 98.1 cm³/mol. The van der Waals surface area contributed by atoms with Crippen LogP contribution in [0.15, 0.2) is 40.9 Å². The van der Waals surface area contributed by atoms with Crippen molar-refractivity contribution in [3.63, 3.8) is 0 Å². The summed E-state index contributed by atoms with van der Waals surface area (Å²) in [6, 6.07) is 7.61. The molecule has 1 N–H and O–H groups in total. The minimum absolute atomic E-state index is 0.387. The fourth-order valence-corrected chi connectivity index (χ4v) is 5.38. The summed E-state index contributed by atoms with van der Waals surface area (Å²) >= 11 is 1.36. The van der Waals surface area contributed by atoms with E-state index in [4.69, 9.17) is 0 Å². The first-order valence-corrected chi connectivity index (χ1v) is 10.6. The van der Waals surface area contributed by atoms with Crippen LogP contribution in [0.5, 0.6) is 0 Å². The van der Waals surface area contributed by atoms with Crippen molar-refractivity contribution in [2.75, 3.05) is 24.5 Å². The van der Waals surface area contributed by atoms with Gasteiger partial charge in [-0.15, -0.1) is 11.3 Å². The van der Waals surface area contributed by atoms with Crippen LogP contribution in [-0.2, 0) is 16.4 Å². The van der Waals surface area contributed by atoms with E-state index in [1.165, 1.54) is 11.3 Å². The zero-order chi connectivity index (χ0) is 17.0. The SMILES string of the molecule is CCc1ccc(S(=O)(=O)NCC2CCN(c3cccnc3)CC2)s1. The van der Waals surface area contributed by atoms with Gasteiger partial charge in [-0.05, 0) is 49.4 Å². The van der Waals surface area contributed by atoms with Crippen molar-refractivity contribution in [1.82, 2.24) is 9.71 Å². The van der Waals surface area contributed by atoms with Crippen LogP contribution < -0.4 is 9.62 Å². The molecule has 0 spiro atoms. The maximum absolute atomic E-state index is 12.4. The molecule has 0 bridgehead atoms. The normalized spacial score (nSPS) is 16.5. The standard InChI is InChI=1S/C17H23N3O2S2/c1-2-16-5-6-17(23-16)24(21,22)19-12-14-7-10-20(11-8-14)15-4-3-9-18-13-15/h3-6,9,13-14,19H,2,7-8,10-12H2,1H3. The molecule has 1 aliphatic rings. The maximum Gasteiger partial charge on any atom is 0.250 e. The highest BCUT2D eigenvalue weighted by atomic mass is 32.2. The second-order valence-corrected chi connectivity index (χ2v) is 9.23. The van der Waals surface area contributed by atoms with E-state index in [1.807, 2.05) is 25.3 Å². The zero-order valence-electron chi connectivity index (χ0n) is 13.8. The molecule has 0 unspecified atom stereocenters. The lowest BCUT2D eigenvalue weighted by Crippen LogP contribution is -2.38. The van der Waals surface area contributed by atoms with E-state index in [1.54, 1.807) is 12.3 Å². The molecule has 0 radical (unpaired) electrons. The Morgan fingerprint density at radius 3 is 2.71 bits per heavy atom. The van der Waals surface area contributed by atoms with Gasteiger partial charge in [0.25, 0.3) is 0 Å². The van der Waals surface area contributed by atoms with Crippen molar-refractivity contribution in [3.8, 4) is 0 Å². The molecule has 1 aliphatic heterocycles. The van der Waals surface area contributed by atoms with Gasteiger partial charge in [0.05, 0.1) is 11.9 Å². The highest BCUT2D eigenvalue weighted by Crippen LogP contribution is 2.24. The van der Waals surface area contributed by atoms with Crippen LogP contribution in [0.2, 0.25) is 0 Å². The minimum atomic E-state index is -3.37. The Bertz CT molecular complexity index is 751. The third-order valence-electron chi connectivity index (χ3n) is 4.44. The Kier molecular flexibility index (Phi) is 5.53. The van der Waals surface area contributed by atoms with Crippen LogP contribution in [0, 0.1) is 5.92 Å². The number of piperidine rings is 1. The van der Waals surface area contributed by atoms with Gasteiger partial charge in [-0.25, -0.2) is 13.1 Å². The summed E-state index contributed by atoms with van der Waals surface area (Å²) in [5.74, 6) is 0.387. The monoisotopic (exact) mass is 365 g/mol. The highest BCUT2D eigenvalue weighted by Gasteiger charge is 2.23. The number of aromatic nitrogens is 1. The number of sulfonamides is 1. The first-order valence-electron chi connectivity index (χ1n) is 8.32. The van der Waals surface area contributed by atoms with E-state index in [0.29, 0.717) is 16.7 Å². The fourth-order valence-electron chi connectivity index (χ4n) is 2.93. The Balaban J connectivity index is 1.51. The van der Waals surface area contributed by atoms with E-state index >= 15 is 0 Å². The lowest BCUT2D eigenvalue weighted by atomic mass is 9.97. The van der Waals surface area contributed by atoms with Crippen LogP contribution in [-0.4, -0.2) is 33.0 Å². The van der Waals surface area contributed by atoms with Crippen LogP contribution in [0.4, 0.5) is 5.69 Å². The molecule has 0 atom stereocenters. The number of anilines is 1. The van der Waals surface area contributed by atoms with E-state index in [-0.39, 0.29) is 0 Å². The number of hydrogen-bond donors (Lipinski definition) is 1. The second-order valence-electron chi connectivity index (χ2n) is 6.07. The van der Waals surface area contributed by atoms with Gasteiger partial charge < -0.3 is 4.90 Å². The Morgan fingerprint density at radius 1 is 1.29 bits per heavy atom. The van der Waals surface area contributed by atoms with Crippen molar-refractivity contribution in [2.45, 2.75) is 30.4 Å². The van der Waals surface area contributed by atoms with Gasteiger partial charge in [0, 0.05) is 30.7 Å². The maximum atomic E-state index is 12.4. The zero-order valence-corrected chi connectivity index (χ0v) is 15.4. The highest BCUT2D eigenvalue weighted by molar-refractivity contribution is 7.91. The van der Waals surface area contributed by atoms with E-state index in [2.05, 4.69) is 20.7 Å². The first kappa shape index (κ1) is 17.4. The molecule has 0 saturated carbocycles.